The predicted molar refractivity (Wildman–Crippen MR) is 69.4 cm³/mol. The smallest absolute Gasteiger partial charge is 0.276 e. The molecule has 1 unspecified atom stereocenters. The maximum absolute atomic E-state index is 12.2. The van der Waals surface area contributed by atoms with Gasteiger partial charge >= 0.3 is 0 Å². The number of pyridine rings is 1. The second kappa shape index (κ2) is 4.59. The number of aromatic nitrogens is 1. The lowest BCUT2D eigenvalue weighted by atomic mass is 9.80. The molecule has 98 valence electrons. The molecule has 0 bridgehead atoms. The number of carbonyl (C=O) groups is 1. The minimum absolute atomic E-state index is 0.0401. The third-order valence-corrected chi connectivity index (χ3v) is 3.69. The zero-order valence-corrected chi connectivity index (χ0v) is 11.2. The van der Waals surface area contributed by atoms with Gasteiger partial charge in [-0.25, -0.2) is 4.98 Å². The first-order chi connectivity index (χ1) is 8.39. The van der Waals surface area contributed by atoms with Crippen LogP contribution in [0.4, 0.5) is 0 Å². The highest BCUT2D eigenvalue weighted by molar-refractivity contribution is 5.94. The van der Waals surface area contributed by atoms with Crippen LogP contribution >= 0.6 is 0 Å². The molecule has 4 nitrogen and oxygen atoms in total. The van der Waals surface area contributed by atoms with Crippen molar-refractivity contribution in [1.29, 1.82) is 0 Å². The van der Waals surface area contributed by atoms with Gasteiger partial charge in [0, 0.05) is 19.3 Å². The molecule has 2 rings (SSSR count). The Morgan fingerprint density at radius 1 is 1.50 bits per heavy atom. The zero-order valence-electron chi connectivity index (χ0n) is 11.2. The molecule has 0 aromatic carbocycles. The molecule has 1 atom stereocenters. The van der Waals surface area contributed by atoms with Crippen molar-refractivity contribution >= 4 is 5.91 Å². The zero-order chi connectivity index (χ0) is 13.3. The average molecular weight is 248 g/mol. The second-order valence-corrected chi connectivity index (χ2v) is 5.97. The normalized spacial score (nSPS) is 20.2. The lowest BCUT2D eigenvalue weighted by Crippen LogP contribution is -2.31. The molecule has 0 aliphatic carbocycles. The van der Waals surface area contributed by atoms with Gasteiger partial charge in [0.1, 0.15) is 5.75 Å². The second-order valence-electron chi connectivity index (χ2n) is 5.97. The number of aromatic hydroxyl groups is 1. The summed E-state index contributed by atoms with van der Waals surface area (Å²) in [6, 6.07) is 3.12. The SMILES string of the molecule is CC(C)(C)C1CCN(C(=O)c2ncccc2O)C1. The maximum Gasteiger partial charge on any atom is 0.276 e. The molecule has 18 heavy (non-hydrogen) atoms. The molecule has 2 heterocycles. The van der Waals surface area contributed by atoms with Crippen LogP contribution in [-0.4, -0.2) is 34.0 Å². The monoisotopic (exact) mass is 248 g/mol. The molecule has 1 aromatic rings. The fraction of sp³-hybridized carbons (Fsp3) is 0.571. The van der Waals surface area contributed by atoms with E-state index in [4.69, 9.17) is 0 Å². The Bertz CT molecular complexity index is 451. The topological polar surface area (TPSA) is 53.4 Å². The van der Waals surface area contributed by atoms with E-state index in [-0.39, 0.29) is 22.8 Å². The lowest BCUT2D eigenvalue weighted by molar-refractivity contribution is 0.0767. The van der Waals surface area contributed by atoms with Gasteiger partial charge < -0.3 is 10.0 Å². The summed E-state index contributed by atoms with van der Waals surface area (Å²) in [6.45, 7) is 8.09. The molecular formula is C14H20N2O2. The van der Waals surface area contributed by atoms with Crippen LogP contribution in [0.1, 0.15) is 37.7 Å². The Kier molecular flexibility index (Phi) is 3.28. The van der Waals surface area contributed by atoms with Crippen LogP contribution in [0.25, 0.3) is 0 Å². The number of carbonyl (C=O) groups excluding carboxylic acids is 1. The molecule has 4 heteroatoms. The molecule has 1 aliphatic heterocycles. The molecule has 1 amide bonds. The highest BCUT2D eigenvalue weighted by Gasteiger charge is 2.34. The Balaban J connectivity index is 2.11. The molecule has 1 saturated heterocycles. The van der Waals surface area contributed by atoms with Gasteiger partial charge in [-0.2, -0.15) is 0 Å². The van der Waals surface area contributed by atoms with Gasteiger partial charge in [0.25, 0.3) is 5.91 Å². The van der Waals surface area contributed by atoms with Crippen LogP contribution in [0, 0.1) is 11.3 Å². The quantitative estimate of drug-likeness (QED) is 0.829. The first kappa shape index (κ1) is 12.9. The van der Waals surface area contributed by atoms with Crippen molar-refractivity contribution in [1.82, 2.24) is 9.88 Å². The van der Waals surface area contributed by atoms with Gasteiger partial charge in [-0.3, -0.25) is 4.79 Å². The molecule has 1 fully saturated rings. The van der Waals surface area contributed by atoms with E-state index in [1.807, 2.05) is 0 Å². The van der Waals surface area contributed by atoms with E-state index in [2.05, 4.69) is 25.8 Å². The van der Waals surface area contributed by atoms with E-state index in [1.54, 1.807) is 11.0 Å². The van der Waals surface area contributed by atoms with Crippen molar-refractivity contribution < 1.29 is 9.90 Å². The number of hydrogen-bond acceptors (Lipinski definition) is 3. The van der Waals surface area contributed by atoms with E-state index in [0.717, 1.165) is 19.5 Å². The van der Waals surface area contributed by atoms with Crippen LogP contribution in [-0.2, 0) is 0 Å². The Hall–Kier alpha value is -1.58. The fourth-order valence-electron chi connectivity index (χ4n) is 2.36. The Morgan fingerprint density at radius 2 is 2.22 bits per heavy atom. The van der Waals surface area contributed by atoms with Crippen LogP contribution in [0.3, 0.4) is 0 Å². The van der Waals surface area contributed by atoms with Gasteiger partial charge in [0.15, 0.2) is 5.69 Å². The molecule has 0 radical (unpaired) electrons. The molecule has 1 aromatic heterocycles. The molecular weight excluding hydrogens is 228 g/mol. The van der Waals surface area contributed by atoms with Crippen LogP contribution < -0.4 is 0 Å². The van der Waals surface area contributed by atoms with E-state index < -0.39 is 0 Å². The Morgan fingerprint density at radius 3 is 2.78 bits per heavy atom. The van der Waals surface area contributed by atoms with Crippen molar-refractivity contribution in [3.05, 3.63) is 24.0 Å². The van der Waals surface area contributed by atoms with Crippen LogP contribution in [0.5, 0.6) is 5.75 Å². The van der Waals surface area contributed by atoms with Gasteiger partial charge in [-0.15, -0.1) is 0 Å². The van der Waals surface area contributed by atoms with Crippen LogP contribution in [0.2, 0.25) is 0 Å². The van der Waals surface area contributed by atoms with Gasteiger partial charge in [0.2, 0.25) is 0 Å². The lowest BCUT2D eigenvalue weighted by Gasteiger charge is -2.26. The molecule has 1 N–H and O–H groups in total. The largest absolute Gasteiger partial charge is 0.505 e. The molecule has 0 saturated carbocycles. The van der Waals surface area contributed by atoms with Gasteiger partial charge in [0.05, 0.1) is 0 Å². The van der Waals surface area contributed by atoms with Crippen molar-refractivity contribution in [3.8, 4) is 5.75 Å². The average Bonchev–Trinajstić information content (AvgIpc) is 2.77. The Labute approximate surface area is 108 Å². The number of likely N-dealkylation sites (tertiary alicyclic amines) is 1. The number of nitrogens with zero attached hydrogens (tertiary/aromatic N) is 2. The van der Waals surface area contributed by atoms with Crippen molar-refractivity contribution in [2.75, 3.05) is 13.1 Å². The van der Waals surface area contributed by atoms with Gasteiger partial charge in [-0.1, -0.05) is 20.8 Å². The summed E-state index contributed by atoms with van der Waals surface area (Å²) in [5.41, 5.74) is 0.369. The maximum atomic E-state index is 12.2. The van der Waals surface area contributed by atoms with Crippen molar-refractivity contribution in [3.63, 3.8) is 0 Å². The summed E-state index contributed by atoms with van der Waals surface area (Å²) < 4.78 is 0. The first-order valence-electron chi connectivity index (χ1n) is 6.33. The van der Waals surface area contributed by atoms with E-state index >= 15 is 0 Å². The van der Waals surface area contributed by atoms with Gasteiger partial charge in [-0.05, 0) is 29.9 Å². The van der Waals surface area contributed by atoms with E-state index in [0.29, 0.717) is 5.92 Å². The summed E-state index contributed by atoms with van der Waals surface area (Å²) in [5, 5.41) is 9.66. The minimum Gasteiger partial charge on any atom is -0.505 e. The fourth-order valence-corrected chi connectivity index (χ4v) is 2.36. The third kappa shape index (κ3) is 2.47. The third-order valence-electron chi connectivity index (χ3n) is 3.69. The first-order valence-corrected chi connectivity index (χ1v) is 6.33. The minimum atomic E-state index is -0.167. The summed E-state index contributed by atoms with van der Waals surface area (Å²) in [7, 11) is 0. The molecule has 1 aliphatic rings. The predicted octanol–water partition coefficient (Wildman–Crippen LogP) is 2.30. The van der Waals surface area contributed by atoms with Crippen molar-refractivity contribution in [2.45, 2.75) is 27.2 Å². The highest BCUT2D eigenvalue weighted by Crippen LogP contribution is 2.34. The standard InChI is InChI=1S/C14H20N2O2/c1-14(2,3)10-6-8-16(9-10)13(18)12-11(17)5-4-7-15-12/h4-5,7,10,17H,6,8-9H2,1-3H3. The highest BCUT2D eigenvalue weighted by atomic mass is 16.3. The number of rotatable bonds is 1. The molecule has 0 spiro atoms. The van der Waals surface area contributed by atoms with E-state index in [1.165, 1.54) is 12.3 Å². The summed E-state index contributed by atoms with van der Waals surface area (Å²) in [6.07, 6.45) is 2.55. The summed E-state index contributed by atoms with van der Waals surface area (Å²) >= 11 is 0. The van der Waals surface area contributed by atoms with E-state index in [9.17, 15) is 9.90 Å². The van der Waals surface area contributed by atoms with Crippen LogP contribution in [0.15, 0.2) is 18.3 Å². The van der Waals surface area contributed by atoms with Crippen molar-refractivity contribution in [2.24, 2.45) is 11.3 Å². The number of amides is 1. The summed E-state index contributed by atoms with van der Waals surface area (Å²) in [5.74, 6) is 0.300. The summed E-state index contributed by atoms with van der Waals surface area (Å²) in [4.78, 5) is 18.0. The number of hydrogen-bond donors (Lipinski definition) is 1.